The molecule has 1 atom stereocenters. The fraction of sp³-hybridized carbons (Fsp3) is 0.333. The molecule has 0 spiro atoms. The lowest BCUT2D eigenvalue weighted by molar-refractivity contribution is -0.119. The minimum absolute atomic E-state index is 0.00102. The Labute approximate surface area is 195 Å². The molecule has 1 amide bonds. The van der Waals surface area contributed by atoms with Gasteiger partial charge in [0.2, 0.25) is 5.91 Å². The highest BCUT2D eigenvalue weighted by molar-refractivity contribution is 5.93. The number of aromatic nitrogens is 1. The molecule has 3 aromatic rings. The van der Waals surface area contributed by atoms with Crippen LogP contribution in [-0.2, 0) is 11.3 Å². The van der Waals surface area contributed by atoms with Crippen LogP contribution in [0.3, 0.4) is 0 Å². The van der Waals surface area contributed by atoms with E-state index in [4.69, 9.17) is 0 Å². The highest BCUT2D eigenvalue weighted by Crippen LogP contribution is 2.25. The Bertz CT molecular complexity index is 1030. The van der Waals surface area contributed by atoms with Gasteiger partial charge in [-0.15, -0.1) is 0 Å². The summed E-state index contributed by atoms with van der Waals surface area (Å²) in [5.41, 5.74) is 2.76. The van der Waals surface area contributed by atoms with Crippen LogP contribution < -0.4 is 9.80 Å². The molecule has 33 heavy (non-hydrogen) atoms. The lowest BCUT2D eigenvalue weighted by Gasteiger charge is -2.33. The first kappa shape index (κ1) is 22.9. The summed E-state index contributed by atoms with van der Waals surface area (Å²) in [6, 6.07) is 20.2. The second-order valence-corrected chi connectivity index (χ2v) is 8.79. The first-order valence-electron chi connectivity index (χ1n) is 11.5. The van der Waals surface area contributed by atoms with E-state index in [1.807, 2.05) is 48.7 Å². The zero-order chi connectivity index (χ0) is 23.2. The number of hydrogen-bond donors (Lipinski definition) is 0. The molecule has 172 valence electrons. The molecule has 2 heterocycles. The van der Waals surface area contributed by atoms with E-state index in [1.165, 1.54) is 12.1 Å². The van der Waals surface area contributed by atoms with Crippen molar-refractivity contribution in [3.63, 3.8) is 0 Å². The number of carbonyl (C=O) groups is 1. The normalized spacial score (nSPS) is 15.3. The van der Waals surface area contributed by atoms with Gasteiger partial charge in [0.1, 0.15) is 11.6 Å². The number of halogens is 1. The summed E-state index contributed by atoms with van der Waals surface area (Å²) < 4.78 is 13.5. The van der Waals surface area contributed by atoms with Crippen LogP contribution in [0, 0.1) is 5.82 Å². The molecule has 4 rings (SSSR count). The van der Waals surface area contributed by atoms with Gasteiger partial charge in [-0.2, -0.15) is 0 Å². The molecular weight excluding hydrogens is 415 g/mol. The maximum Gasteiger partial charge on any atom is 0.227 e. The Morgan fingerprint density at radius 2 is 1.70 bits per heavy atom. The van der Waals surface area contributed by atoms with Crippen molar-refractivity contribution in [2.45, 2.75) is 25.8 Å². The molecule has 1 fully saturated rings. The average molecular weight is 447 g/mol. The average Bonchev–Trinajstić information content (AvgIpc) is 2.84. The summed E-state index contributed by atoms with van der Waals surface area (Å²) in [5.74, 6) is 0.728. The van der Waals surface area contributed by atoms with Gasteiger partial charge in [-0.1, -0.05) is 43.3 Å². The van der Waals surface area contributed by atoms with E-state index >= 15 is 0 Å². The number of pyridine rings is 1. The van der Waals surface area contributed by atoms with Gasteiger partial charge in [0.05, 0.1) is 6.54 Å². The Kier molecular flexibility index (Phi) is 7.35. The summed E-state index contributed by atoms with van der Waals surface area (Å²) in [4.78, 5) is 24.4. The Morgan fingerprint density at radius 3 is 2.33 bits per heavy atom. The van der Waals surface area contributed by atoms with Crippen molar-refractivity contribution in [2.24, 2.45) is 0 Å². The van der Waals surface area contributed by atoms with Gasteiger partial charge >= 0.3 is 0 Å². The van der Waals surface area contributed by atoms with E-state index in [0.717, 1.165) is 43.1 Å². The summed E-state index contributed by atoms with van der Waals surface area (Å²) in [5, 5.41) is 0. The van der Waals surface area contributed by atoms with Crippen molar-refractivity contribution < 1.29 is 9.18 Å². The van der Waals surface area contributed by atoms with Crippen LogP contribution in [0.1, 0.15) is 30.4 Å². The third-order valence-electron chi connectivity index (χ3n) is 6.27. The van der Waals surface area contributed by atoms with E-state index in [2.05, 4.69) is 28.8 Å². The summed E-state index contributed by atoms with van der Waals surface area (Å²) in [7, 11) is 2.13. The van der Waals surface area contributed by atoms with E-state index < -0.39 is 0 Å². The van der Waals surface area contributed by atoms with Crippen LogP contribution in [0.4, 0.5) is 15.9 Å². The molecule has 5 nitrogen and oxygen atoms in total. The predicted molar refractivity (Wildman–Crippen MR) is 131 cm³/mol. The molecule has 2 aromatic carbocycles. The van der Waals surface area contributed by atoms with Gasteiger partial charge in [-0.25, -0.2) is 9.37 Å². The van der Waals surface area contributed by atoms with Gasteiger partial charge in [0.15, 0.2) is 0 Å². The Morgan fingerprint density at radius 1 is 1.00 bits per heavy atom. The second kappa shape index (κ2) is 10.6. The molecule has 0 saturated carbocycles. The van der Waals surface area contributed by atoms with Crippen LogP contribution in [0.5, 0.6) is 0 Å². The third kappa shape index (κ3) is 5.96. The topological polar surface area (TPSA) is 39.7 Å². The molecule has 0 bridgehead atoms. The van der Waals surface area contributed by atoms with E-state index in [-0.39, 0.29) is 17.6 Å². The van der Waals surface area contributed by atoms with Crippen LogP contribution in [0.25, 0.3) is 0 Å². The van der Waals surface area contributed by atoms with Crippen molar-refractivity contribution >= 4 is 17.4 Å². The number of rotatable bonds is 7. The van der Waals surface area contributed by atoms with Gasteiger partial charge in [0.25, 0.3) is 0 Å². The molecule has 0 N–H and O–H groups in total. The minimum Gasteiger partial charge on any atom is -0.354 e. The number of likely N-dealkylation sites (N-methyl/N-ethyl adjacent to an activating group) is 1. The zero-order valence-electron chi connectivity index (χ0n) is 19.3. The lowest BCUT2D eigenvalue weighted by Crippen LogP contribution is -2.44. The fourth-order valence-electron chi connectivity index (χ4n) is 4.13. The molecule has 0 radical (unpaired) electrons. The number of hydrogen-bond acceptors (Lipinski definition) is 4. The van der Waals surface area contributed by atoms with Crippen molar-refractivity contribution in [1.82, 2.24) is 9.88 Å². The van der Waals surface area contributed by atoms with E-state index in [1.54, 1.807) is 17.0 Å². The van der Waals surface area contributed by atoms with Gasteiger partial charge < -0.3 is 14.7 Å². The standard InChI is InChI=1S/C27H31FN4O/c1-21(23-6-4-3-5-7-23)18-27(33)32(25-11-9-24(28)10-12-25)20-22-8-13-26(29-19-22)31-16-14-30(2)15-17-31/h3-13,19,21H,14-18,20H2,1-2H3. The monoisotopic (exact) mass is 446 g/mol. The minimum atomic E-state index is -0.318. The second-order valence-electron chi connectivity index (χ2n) is 8.79. The predicted octanol–water partition coefficient (Wildman–Crippen LogP) is 4.70. The molecule has 6 heteroatoms. The zero-order valence-corrected chi connectivity index (χ0v) is 19.3. The van der Waals surface area contributed by atoms with Gasteiger partial charge in [-0.3, -0.25) is 4.79 Å². The van der Waals surface area contributed by atoms with Crippen molar-refractivity contribution in [1.29, 1.82) is 0 Å². The van der Waals surface area contributed by atoms with Crippen LogP contribution in [-0.4, -0.2) is 49.0 Å². The number of benzene rings is 2. The summed E-state index contributed by atoms with van der Waals surface area (Å²) >= 11 is 0. The van der Waals surface area contributed by atoms with Crippen LogP contribution >= 0.6 is 0 Å². The van der Waals surface area contributed by atoms with Gasteiger partial charge in [-0.05, 0) is 54.4 Å². The number of carbonyl (C=O) groups excluding carboxylic acids is 1. The molecule has 1 aliphatic rings. The maximum absolute atomic E-state index is 13.5. The molecule has 1 aromatic heterocycles. The molecule has 1 unspecified atom stereocenters. The number of piperazine rings is 1. The Balaban J connectivity index is 1.50. The first-order chi connectivity index (χ1) is 16.0. The summed E-state index contributed by atoms with van der Waals surface area (Å²) in [6.07, 6.45) is 2.21. The van der Waals surface area contributed by atoms with Gasteiger partial charge in [0, 0.05) is 44.5 Å². The highest BCUT2D eigenvalue weighted by atomic mass is 19.1. The largest absolute Gasteiger partial charge is 0.354 e. The smallest absolute Gasteiger partial charge is 0.227 e. The lowest BCUT2D eigenvalue weighted by atomic mass is 9.97. The number of anilines is 2. The summed E-state index contributed by atoms with van der Waals surface area (Å²) in [6.45, 7) is 6.41. The van der Waals surface area contributed by atoms with E-state index in [0.29, 0.717) is 18.7 Å². The van der Waals surface area contributed by atoms with Crippen molar-refractivity contribution in [2.75, 3.05) is 43.0 Å². The highest BCUT2D eigenvalue weighted by Gasteiger charge is 2.21. The molecule has 1 aliphatic heterocycles. The van der Waals surface area contributed by atoms with Crippen molar-refractivity contribution in [3.8, 4) is 0 Å². The maximum atomic E-state index is 13.5. The molecule has 0 aliphatic carbocycles. The first-order valence-corrected chi connectivity index (χ1v) is 11.5. The molecular formula is C27H31FN4O. The molecule has 1 saturated heterocycles. The quantitative estimate of drug-likeness (QED) is 0.528. The van der Waals surface area contributed by atoms with Crippen LogP contribution in [0.2, 0.25) is 0 Å². The Hall–Kier alpha value is -3.25. The van der Waals surface area contributed by atoms with Crippen molar-refractivity contribution in [3.05, 3.63) is 89.9 Å². The number of nitrogens with zero attached hydrogens (tertiary/aromatic N) is 4. The SMILES string of the molecule is CC(CC(=O)N(Cc1ccc(N2CCN(C)CC2)nc1)c1ccc(F)cc1)c1ccccc1. The van der Waals surface area contributed by atoms with Crippen LogP contribution in [0.15, 0.2) is 72.9 Å². The van der Waals surface area contributed by atoms with E-state index in [9.17, 15) is 9.18 Å². The fourth-order valence-corrected chi connectivity index (χ4v) is 4.13. The number of amides is 1. The third-order valence-corrected chi connectivity index (χ3v) is 6.27.